The molecule has 1 saturated heterocycles. The average molecular weight is 336 g/mol. The number of nitrogens with zero attached hydrogens (tertiary/aromatic N) is 1. The SMILES string of the molecule is O=C(Cc1ccc(F)cc1F)NC1CCN(Cc2ccsc2)C1. The van der Waals surface area contributed by atoms with Crippen LogP contribution in [0.15, 0.2) is 35.0 Å². The highest BCUT2D eigenvalue weighted by Crippen LogP contribution is 2.16. The standard InChI is InChI=1S/C17H18F2N2OS/c18-14-2-1-13(16(19)8-14)7-17(22)20-15-3-5-21(10-15)9-12-4-6-23-11-12/h1-2,4,6,8,11,15H,3,5,7,9-10H2,(H,20,22). The van der Waals surface area contributed by atoms with Gasteiger partial charge in [-0.05, 0) is 40.4 Å². The van der Waals surface area contributed by atoms with Crippen molar-refractivity contribution < 1.29 is 13.6 Å². The second-order valence-electron chi connectivity index (χ2n) is 5.83. The quantitative estimate of drug-likeness (QED) is 0.910. The van der Waals surface area contributed by atoms with Gasteiger partial charge in [-0.3, -0.25) is 9.69 Å². The predicted octanol–water partition coefficient (Wildman–Crippen LogP) is 2.96. The van der Waals surface area contributed by atoms with E-state index in [0.717, 1.165) is 32.1 Å². The normalized spacial score (nSPS) is 18.3. The van der Waals surface area contributed by atoms with Gasteiger partial charge in [0.1, 0.15) is 11.6 Å². The fourth-order valence-electron chi connectivity index (χ4n) is 2.85. The zero-order valence-electron chi connectivity index (χ0n) is 12.6. The molecule has 0 saturated carbocycles. The molecule has 122 valence electrons. The lowest BCUT2D eigenvalue weighted by atomic mass is 10.1. The summed E-state index contributed by atoms with van der Waals surface area (Å²) in [6.07, 6.45) is 0.828. The smallest absolute Gasteiger partial charge is 0.224 e. The van der Waals surface area contributed by atoms with Gasteiger partial charge in [0.05, 0.1) is 6.42 Å². The Bertz CT molecular complexity index is 675. The molecule has 3 rings (SSSR count). The van der Waals surface area contributed by atoms with Gasteiger partial charge in [-0.15, -0.1) is 0 Å². The van der Waals surface area contributed by atoms with Crippen molar-refractivity contribution in [1.29, 1.82) is 0 Å². The van der Waals surface area contributed by atoms with E-state index >= 15 is 0 Å². The number of likely N-dealkylation sites (tertiary alicyclic amines) is 1. The Morgan fingerprint density at radius 2 is 2.22 bits per heavy atom. The van der Waals surface area contributed by atoms with Gasteiger partial charge in [0.2, 0.25) is 5.91 Å². The summed E-state index contributed by atoms with van der Waals surface area (Å²) in [5, 5.41) is 7.13. The van der Waals surface area contributed by atoms with Crippen LogP contribution < -0.4 is 5.32 Å². The summed E-state index contributed by atoms with van der Waals surface area (Å²) in [5.74, 6) is -1.53. The molecule has 1 unspecified atom stereocenters. The highest BCUT2D eigenvalue weighted by molar-refractivity contribution is 7.07. The zero-order valence-corrected chi connectivity index (χ0v) is 13.4. The molecule has 3 nitrogen and oxygen atoms in total. The summed E-state index contributed by atoms with van der Waals surface area (Å²) in [4.78, 5) is 14.3. The maximum absolute atomic E-state index is 13.6. The molecule has 0 spiro atoms. The molecule has 6 heteroatoms. The molecule has 1 aliphatic heterocycles. The molecule has 0 aliphatic carbocycles. The fourth-order valence-corrected chi connectivity index (χ4v) is 3.51. The molecule has 1 aromatic heterocycles. The minimum atomic E-state index is -0.675. The second kappa shape index (κ2) is 7.19. The topological polar surface area (TPSA) is 32.3 Å². The Morgan fingerprint density at radius 3 is 2.96 bits per heavy atom. The van der Waals surface area contributed by atoms with Crippen molar-refractivity contribution in [3.8, 4) is 0 Å². The van der Waals surface area contributed by atoms with Crippen molar-refractivity contribution in [3.63, 3.8) is 0 Å². The maximum Gasteiger partial charge on any atom is 0.224 e. The Kier molecular flexibility index (Phi) is 5.03. The third-order valence-electron chi connectivity index (χ3n) is 3.99. The van der Waals surface area contributed by atoms with Gasteiger partial charge in [0.25, 0.3) is 0 Å². The van der Waals surface area contributed by atoms with E-state index in [1.54, 1.807) is 11.3 Å². The van der Waals surface area contributed by atoms with Crippen molar-refractivity contribution in [1.82, 2.24) is 10.2 Å². The summed E-state index contributed by atoms with van der Waals surface area (Å²) in [6, 6.07) is 5.49. The molecule has 1 aromatic carbocycles. The number of thiophene rings is 1. The lowest BCUT2D eigenvalue weighted by Crippen LogP contribution is -2.37. The molecule has 1 amide bonds. The minimum Gasteiger partial charge on any atom is -0.352 e. The predicted molar refractivity (Wildman–Crippen MR) is 86.2 cm³/mol. The molecule has 23 heavy (non-hydrogen) atoms. The second-order valence-corrected chi connectivity index (χ2v) is 6.61. The molecular formula is C17H18F2N2OS. The van der Waals surface area contributed by atoms with Gasteiger partial charge in [0.15, 0.2) is 0 Å². The third kappa shape index (κ3) is 4.36. The first-order valence-electron chi connectivity index (χ1n) is 7.57. The number of nitrogens with one attached hydrogen (secondary N) is 1. The van der Waals surface area contributed by atoms with Crippen LogP contribution in [0, 0.1) is 11.6 Å². The van der Waals surface area contributed by atoms with Crippen molar-refractivity contribution in [2.75, 3.05) is 13.1 Å². The van der Waals surface area contributed by atoms with Gasteiger partial charge in [-0.1, -0.05) is 6.07 Å². The van der Waals surface area contributed by atoms with E-state index < -0.39 is 11.6 Å². The Balaban J connectivity index is 1.49. The Hall–Kier alpha value is -1.79. The number of hydrogen-bond acceptors (Lipinski definition) is 3. The molecule has 2 aromatic rings. The van der Waals surface area contributed by atoms with Crippen LogP contribution in [0.2, 0.25) is 0 Å². The van der Waals surface area contributed by atoms with E-state index in [0.29, 0.717) is 0 Å². The number of amides is 1. The van der Waals surface area contributed by atoms with E-state index in [1.165, 1.54) is 17.7 Å². The van der Waals surface area contributed by atoms with E-state index in [9.17, 15) is 13.6 Å². The summed E-state index contributed by atoms with van der Waals surface area (Å²) in [5.41, 5.74) is 1.51. The first-order chi connectivity index (χ1) is 11.1. The van der Waals surface area contributed by atoms with Crippen LogP contribution in [0.1, 0.15) is 17.5 Å². The average Bonchev–Trinajstić information content (AvgIpc) is 3.15. The van der Waals surface area contributed by atoms with Crippen LogP contribution in [0.5, 0.6) is 0 Å². The van der Waals surface area contributed by atoms with Crippen molar-refractivity contribution in [3.05, 3.63) is 57.8 Å². The van der Waals surface area contributed by atoms with Crippen LogP contribution >= 0.6 is 11.3 Å². The van der Waals surface area contributed by atoms with Crippen molar-refractivity contribution in [2.24, 2.45) is 0 Å². The Labute approximate surface area is 137 Å². The molecule has 0 radical (unpaired) electrons. The summed E-state index contributed by atoms with van der Waals surface area (Å²) in [7, 11) is 0. The Morgan fingerprint density at radius 1 is 1.35 bits per heavy atom. The lowest BCUT2D eigenvalue weighted by Gasteiger charge is -2.16. The van der Waals surface area contributed by atoms with Gasteiger partial charge in [-0.2, -0.15) is 11.3 Å². The van der Waals surface area contributed by atoms with Crippen LogP contribution in [0.4, 0.5) is 8.78 Å². The molecule has 1 N–H and O–H groups in total. The lowest BCUT2D eigenvalue weighted by molar-refractivity contribution is -0.121. The zero-order chi connectivity index (χ0) is 16.2. The third-order valence-corrected chi connectivity index (χ3v) is 4.72. The van der Waals surface area contributed by atoms with Gasteiger partial charge >= 0.3 is 0 Å². The summed E-state index contributed by atoms with van der Waals surface area (Å²) >= 11 is 1.68. The molecular weight excluding hydrogens is 318 g/mol. The van der Waals surface area contributed by atoms with Crippen molar-refractivity contribution in [2.45, 2.75) is 25.4 Å². The minimum absolute atomic E-state index is 0.0624. The van der Waals surface area contributed by atoms with E-state index in [2.05, 4.69) is 27.0 Å². The van der Waals surface area contributed by atoms with Gasteiger partial charge < -0.3 is 5.32 Å². The van der Waals surface area contributed by atoms with Crippen LogP contribution in [0.25, 0.3) is 0 Å². The fraction of sp³-hybridized carbons (Fsp3) is 0.353. The number of hydrogen-bond donors (Lipinski definition) is 1. The molecule has 1 atom stereocenters. The van der Waals surface area contributed by atoms with Gasteiger partial charge in [-0.25, -0.2) is 8.78 Å². The molecule has 2 heterocycles. The number of rotatable bonds is 5. The van der Waals surface area contributed by atoms with Gasteiger partial charge in [0, 0.05) is 31.7 Å². The summed E-state index contributed by atoms with van der Waals surface area (Å²) < 4.78 is 26.4. The highest BCUT2D eigenvalue weighted by atomic mass is 32.1. The van der Waals surface area contributed by atoms with E-state index in [4.69, 9.17) is 0 Å². The number of carbonyl (C=O) groups is 1. The molecule has 0 bridgehead atoms. The van der Waals surface area contributed by atoms with Crippen LogP contribution in [-0.4, -0.2) is 29.9 Å². The number of halogens is 2. The largest absolute Gasteiger partial charge is 0.352 e. The number of carbonyl (C=O) groups excluding carboxylic acids is 1. The monoisotopic (exact) mass is 336 g/mol. The van der Waals surface area contributed by atoms with Crippen LogP contribution in [0.3, 0.4) is 0 Å². The maximum atomic E-state index is 13.6. The van der Waals surface area contributed by atoms with Crippen LogP contribution in [-0.2, 0) is 17.8 Å². The highest BCUT2D eigenvalue weighted by Gasteiger charge is 2.24. The van der Waals surface area contributed by atoms with E-state index in [1.807, 2.05) is 0 Å². The first-order valence-corrected chi connectivity index (χ1v) is 8.51. The van der Waals surface area contributed by atoms with Crippen molar-refractivity contribution >= 4 is 17.2 Å². The molecule has 1 fully saturated rings. The summed E-state index contributed by atoms with van der Waals surface area (Å²) in [6.45, 7) is 2.63. The first kappa shape index (κ1) is 16.1. The molecule has 1 aliphatic rings. The number of benzene rings is 1. The van der Waals surface area contributed by atoms with E-state index in [-0.39, 0.29) is 23.9 Å².